The third-order valence-electron chi connectivity index (χ3n) is 2.99. The average molecular weight is 293 g/mol. The summed E-state index contributed by atoms with van der Waals surface area (Å²) in [7, 11) is 5.76. The molecule has 0 aliphatic carbocycles. The summed E-state index contributed by atoms with van der Waals surface area (Å²) in [6, 6.07) is 8.27. The van der Waals surface area contributed by atoms with Crippen LogP contribution in [0.15, 0.2) is 24.3 Å². The molecule has 108 valence electrons. The summed E-state index contributed by atoms with van der Waals surface area (Å²) in [5, 5.41) is 4.00. The highest BCUT2D eigenvalue weighted by atomic mass is 32.1. The van der Waals surface area contributed by atoms with Gasteiger partial charge in [-0.2, -0.15) is 9.36 Å². The summed E-state index contributed by atoms with van der Waals surface area (Å²) in [6.45, 7) is 0.717. The Bertz CT molecular complexity index is 557. The van der Waals surface area contributed by atoms with Crippen molar-refractivity contribution >= 4 is 22.6 Å². The van der Waals surface area contributed by atoms with Gasteiger partial charge in [-0.3, -0.25) is 0 Å². The largest absolute Gasteiger partial charge is 0.497 e. The van der Waals surface area contributed by atoms with Gasteiger partial charge < -0.3 is 20.7 Å². The minimum Gasteiger partial charge on any atom is -0.497 e. The summed E-state index contributed by atoms with van der Waals surface area (Å²) in [5.41, 5.74) is 6.69. The SMILES string of the molecule is COc1cccc(C(CNc2nc(N)ns2)N(C)C)c1. The van der Waals surface area contributed by atoms with E-state index in [1.54, 1.807) is 7.11 Å². The number of likely N-dealkylation sites (N-methyl/N-ethyl adjacent to an activating group) is 1. The Balaban J connectivity index is 2.10. The van der Waals surface area contributed by atoms with E-state index < -0.39 is 0 Å². The predicted molar refractivity (Wildman–Crippen MR) is 82.2 cm³/mol. The highest BCUT2D eigenvalue weighted by Crippen LogP contribution is 2.23. The molecule has 0 radical (unpaired) electrons. The van der Waals surface area contributed by atoms with Crippen molar-refractivity contribution in [2.75, 3.05) is 38.8 Å². The van der Waals surface area contributed by atoms with E-state index in [0.29, 0.717) is 5.95 Å². The second-order valence-electron chi connectivity index (χ2n) is 4.59. The van der Waals surface area contributed by atoms with Crippen LogP contribution in [-0.2, 0) is 0 Å². The first-order valence-corrected chi connectivity index (χ1v) is 7.01. The molecule has 7 heteroatoms. The van der Waals surface area contributed by atoms with Gasteiger partial charge in [-0.25, -0.2) is 0 Å². The fraction of sp³-hybridized carbons (Fsp3) is 0.385. The maximum atomic E-state index is 5.52. The van der Waals surface area contributed by atoms with E-state index in [9.17, 15) is 0 Å². The molecule has 1 heterocycles. The fourth-order valence-electron chi connectivity index (χ4n) is 1.94. The quantitative estimate of drug-likeness (QED) is 0.846. The zero-order chi connectivity index (χ0) is 14.5. The molecule has 1 atom stereocenters. The molecule has 1 aromatic heterocycles. The van der Waals surface area contributed by atoms with Gasteiger partial charge in [0.2, 0.25) is 11.1 Å². The van der Waals surface area contributed by atoms with Crippen LogP contribution >= 0.6 is 11.5 Å². The van der Waals surface area contributed by atoms with E-state index in [-0.39, 0.29) is 6.04 Å². The van der Waals surface area contributed by atoms with Gasteiger partial charge in [0.05, 0.1) is 13.2 Å². The van der Waals surface area contributed by atoms with Crippen molar-refractivity contribution in [3.8, 4) is 5.75 Å². The minimum atomic E-state index is 0.204. The third kappa shape index (κ3) is 3.58. The van der Waals surface area contributed by atoms with Gasteiger partial charge in [0.15, 0.2) is 0 Å². The van der Waals surface area contributed by atoms with Crippen molar-refractivity contribution < 1.29 is 4.74 Å². The number of rotatable bonds is 6. The molecule has 3 N–H and O–H groups in total. The molecule has 1 unspecified atom stereocenters. The van der Waals surface area contributed by atoms with Crippen LogP contribution < -0.4 is 15.8 Å². The molecule has 0 bridgehead atoms. The number of hydrogen-bond acceptors (Lipinski definition) is 7. The molecular formula is C13H19N5OS. The van der Waals surface area contributed by atoms with Crippen molar-refractivity contribution in [3.05, 3.63) is 29.8 Å². The monoisotopic (exact) mass is 293 g/mol. The molecule has 2 rings (SSSR count). The van der Waals surface area contributed by atoms with Crippen molar-refractivity contribution in [2.24, 2.45) is 0 Å². The zero-order valence-electron chi connectivity index (χ0n) is 11.8. The second kappa shape index (κ2) is 6.53. The Labute approximate surface area is 122 Å². The lowest BCUT2D eigenvalue weighted by atomic mass is 10.1. The Kier molecular flexibility index (Phi) is 4.75. The van der Waals surface area contributed by atoms with E-state index >= 15 is 0 Å². The van der Waals surface area contributed by atoms with Crippen LogP contribution in [0, 0.1) is 0 Å². The zero-order valence-corrected chi connectivity index (χ0v) is 12.6. The average Bonchev–Trinajstić information content (AvgIpc) is 2.84. The molecule has 0 aliphatic heterocycles. The summed E-state index contributed by atoms with van der Waals surface area (Å²) in [6.07, 6.45) is 0. The molecule has 0 fully saturated rings. The minimum absolute atomic E-state index is 0.204. The van der Waals surface area contributed by atoms with E-state index in [1.807, 2.05) is 32.3 Å². The summed E-state index contributed by atoms with van der Waals surface area (Å²) in [5.74, 6) is 1.16. The van der Waals surface area contributed by atoms with Gasteiger partial charge in [-0.05, 0) is 31.8 Å². The van der Waals surface area contributed by atoms with Crippen LogP contribution in [0.2, 0.25) is 0 Å². The highest BCUT2D eigenvalue weighted by molar-refractivity contribution is 7.09. The highest BCUT2D eigenvalue weighted by Gasteiger charge is 2.15. The molecular weight excluding hydrogens is 274 g/mol. The van der Waals surface area contributed by atoms with Gasteiger partial charge in [-0.15, -0.1) is 0 Å². The van der Waals surface area contributed by atoms with E-state index in [1.165, 1.54) is 17.1 Å². The number of nitrogens with two attached hydrogens (primary N) is 1. The number of anilines is 2. The topological polar surface area (TPSA) is 76.3 Å². The Morgan fingerprint density at radius 2 is 2.25 bits per heavy atom. The van der Waals surface area contributed by atoms with Crippen LogP contribution in [0.3, 0.4) is 0 Å². The number of aromatic nitrogens is 2. The molecule has 0 saturated carbocycles. The first-order valence-electron chi connectivity index (χ1n) is 6.23. The summed E-state index contributed by atoms with van der Waals surface area (Å²) >= 11 is 1.27. The first kappa shape index (κ1) is 14.5. The number of nitrogens with one attached hydrogen (secondary N) is 1. The van der Waals surface area contributed by atoms with Crippen LogP contribution in [0.25, 0.3) is 0 Å². The maximum Gasteiger partial charge on any atom is 0.233 e. The van der Waals surface area contributed by atoms with Gasteiger partial charge in [-0.1, -0.05) is 12.1 Å². The van der Waals surface area contributed by atoms with Crippen LogP contribution in [0.5, 0.6) is 5.75 Å². The van der Waals surface area contributed by atoms with Crippen molar-refractivity contribution in [2.45, 2.75) is 6.04 Å². The lowest BCUT2D eigenvalue weighted by molar-refractivity contribution is 0.310. The lowest BCUT2D eigenvalue weighted by Crippen LogP contribution is -2.26. The number of methoxy groups -OCH3 is 1. The fourth-order valence-corrected chi connectivity index (χ4v) is 2.44. The van der Waals surface area contributed by atoms with Crippen LogP contribution in [0.1, 0.15) is 11.6 Å². The Morgan fingerprint density at radius 1 is 1.45 bits per heavy atom. The molecule has 0 amide bonds. The molecule has 6 nitrogen and oxygen atoms in total. The van der Waals surface area contributed by atoms with E-state index in [2.05, 4.69) is 25.6 Å². The maximum absolute atomic E-state index is 5.52. The molecule has 1 aromatic carbocycles. The van der Waals surface area contributed by atoms with Crippen molar-refractivity contribution in [3.63, 3.8) is 0 Å². The third-order valence-corrected chi connectivity index (χ3v) is 3.68. The van der Waals surface area contributed by atoms with Gasteiger partial charge >= 0.3 is 0 Å². The normalized spacial score (nSPS) is 12.4. The van der Waals surface area contributed by atoms with E-state index in [0.717, 1.165) is 17.4 Å². The summed E-state index contributed by atoms with van der Waals surface area (Å²) < 4.78 is 9.23. The Hall–Kier alpha value is -1.86. The van der Waals surface area contributed by atoms with Gasteiger partial charge in [0, 0.05) is 18.1 Å². The van der Waals surface area contributed by atoms with Crippen molar-refractivity contribution in [1.29, 1.82) is 0 Å². The lowest BCUT2D eigenvalue weighted by Gasteiger charge is -2.25. The van der Waals surface area contributed by atoms with Gasteiger partial charge in [0.1, 0.15) is 5.75 Å². The molecule has 0 spiro atoms. The molecule has 20 heavy (non-hydrogen) atoms. The first-order chi connectivity index (χ1) is 9.60. The number of hydrogen-bond donors (Lipinski definition) is 2. The van der Waals surface area contributed by atoms with Crippen molar-refractivity contribution in [1.82, 2.24) is 14.3 Å². The summed E-state index contributed by atoms with van der Waals surface area (Å²) in [4.78, 5) is 6.25. The molecule has 2 aromatic rings. The number of benzene rings is 1. The smallest absolute Gasteiger partial charge is 0.233 e. The predicted octanol–water partition coefficient (Wildman–Crippen LogP) is 1.84. The number of nitrogens with zero attached hydrogens (tertiary/aromatic N) is 3. The second-order valence-corrected chi connectivity index (χ2v) is 5.35. The standard InChI is InChI=1S/C13H19N5OS/c1-18(2)11(8-15-13-16-12(14)17-20-13)9-5-4-6-10(7-9)19-3/h4-7,11H,8H2,1-3H3,(H3,14,15,16,17). The number of nitrogen functional groups attached to an aromatic ring is 1. The Morgan fingerprint density at radius 3 is 2.85 bits per heavy atom. The van der Waals surface area contributed by atoms with Crippen LogP contribution in [-0.4, -0.2) is 42.0 Å². The van der Waals surface area contributed by atoms with Gasteiger partial charge in [0.25, 0.3) is 0 Å². The van der Waals surface area contributed by atoms with Crippen LogP contribution in [0.4, 0.5) is 11.1 Å². The molecule has 0 aliphatic rings. The molecule has 0 saturated heterocycles. The van der Waals surface area contributed by atoms with E-state index in [4.69, 9.17) is 10.5 Å². The number of ether oxygens (including phenoxy) is 1.